The smallest absolute Gasteiger partial charge is 0.0543 e. The number of rotatable bonds is 8. The zero-order valence-electron chi connectivity index (χ0n) is 42.2. The first-order valence-corrected chi connectivity index (χ1v) is 24.4. The van der Waals surface area contributed by atoms with E-state index < -0.39 is 0 Å². The maximum Gasteiger partial charge on any atom is 0.0543 e. The van der Waals surface area contributed by atoms with E-state index in [1.165, 1.54) is 94.5 Å². The second kappa shape index (κ2) is 20.1. The lowest BCUT2D eigenvalue weighted by Crippen LogP contribution is -2.17. The summed E-state index contributed by atoms with van der Waals surface area (Å²) in [4.78, 5) is 2.48. The van der Waals surface area contributed by atoms with Crippen molar-refractivity contribution in [3.8, 4) is 22.3 Å². The normalized spacial score (nSPS) is 13.3. The molecule has 0 spiro atoms. The van der Waals surface area contributed by atoms with Crippen LogP contribution in [0, 0.1) is 27.7 Å². The van der Waals surface area contributed by atoms with Crippen molar-refractivity contribution in [3.05, 3.63) is 220 Å². The van der Waals surface area contributed by atoms with Gasteiger partial charge in [-0.3, -0.25) is 0 Å². The van der Waals surface area contributed by atoms with Gasteiger partial charge in [0.1, 0.15) is 0 Å². The Labute approximate surface area is 398 Å². The molecule has 0 radical (unpaired) electrons. The number of nitrogens with zero attached hydrogens (tertiary/aromatic N) is 1. The highest BCUT2D eigenvalue weighted by molar-refractivity contribution is 6.10. The van der Waals surface area contributed by atoms with E-state index in [0.29, 0.717) is 11.8 Å². The van der Waals surface area contributed by atoms with Crippen molar-refractivity contribution < 1.29 is 0 Å². The number of hydrogen-bond acceptors (Lipinski definition) is 1. The summed E-state index contributed by atoms with van der Waals surface area (Å²) >= 11 is 0. The lowest BCUT2D eigenvalue weighted by molar-refractivity contribution is 0.590. The molecule has 66 heavy (non-hydrogen) atoms. The summed E-state index contributed by atoms with van der Waals surface area (Å²) in [5.41, 5.74) is 21.5. The Morgan fingerprint density at radius 1 is 0.485 bits per heavy atom. The molecule has 0 saturated carbocycles. The molecule has 0 fully saturated rings. The third kappa shape index (κ3) is 10.1. The van der Waals surface area contributed by atoms with Gasteiger partial charge < -0.3 is 4.90 Å². The van der Waals surface area contributed by atoms with E-state index in [2.05, 4.69) is 265 Å². The van der Waals surface area contributed by atoms with Crippen LogP contribution in [0.3, 0.4) is 0 Å². The average molecular weight is 868 g/mol. The molecule has 0 heterocycles. The Hall–Kier alpha value is -6.18. The van der Waals surface area contributed by atoms with Gasteiger partial charge in [0.15, 0.2) is 0 Å². The van der Waals surface area contributed by atoms with Gasteiger partial charge in [0.2, 0.25) is 0 Å². The monoisotopic (exact) mass is 868 g/mol. The standard InChI is InChI=1S/C46H47N.C11H16.C8H10/c1-8-30(3)33-23-25-41-42(28-33)46(6,7)43-29-44(39-21-15-16-22-40(39)45(41)43)47(34-17-11-10-12-18-34)35-24-26-37(32(5)27-35)38-20-14-13-19-36(38)31(4)9-2;1-9-5-7-10(8-6-9)11(2,3)4;1-7-3-5-8(2)6-4-7/h10-31H,8-9H2,1-7H3;5-8H,1-4H3;3-6H,1-2H3. The lowest BCUT2D eigenvalue weighted by atomic mass is 9.80. The minimum atomic E-state index is -0.116. The van der Waals surface area contributed by atoms with Crippen LogP contribution in [0.25, 0.3) is 33.0 Å². The van der Waals surface area contributed by atoms with E-state index in [9.17, 15) is 0 Å². The Kier molecular flexibility index (Phi) is 14.6. The molecule has 1 aliphatic carbocycles. The van der Waals surface area contributed by atoms with Crippen LogP contribution in [-0.2, 0) is 10.8 Å². The summed E-state index contributed by atoms with van der Waals surface area (Å²) in [5.74, 6) is 1.06. The predicted molar refractivity (Wildman–Crippen MR) is 290 cm³/mol. The van der Waals surface area contributed by atoms with Crippen LogP contribution in [0.4, 0.5) is 17.1 Å². The van der Waals surface area contributed by atoms with E-state index in [-0.39, 0.29) is 10.8 Å². The number of aryl methyl sites for hydroxylation is 4. The van der Waals surface area contributed by atoms with Crippen molar-refractivity contribution in [2.24, 2.45) is 0 Å². The molecule has 0 amide bonds. The molecule has 1 nitrogen and oxygen atoms in total. The minimum Gasteiger partial charge on any atom is -0.310 e. The quantitative estimate of drug-likeness (QED) is 0.147. The number of hydrogen-bond donors (Lipinski definition) is 0. The van der Waals surface area contributed by atoms with Gasteiger partial charge >= 0.3 is 0 Å². The molecule has 1 aliphatic rings. The first kappa shape index (κ1) is 47.8. The number of benzene rings is 8. The maximum absolute atomic E-state index is 2.50. The highest BCUT2D eigenvalue weighted by Gasteiger charge is 2.38. The molecule has 8 aromatic rings. The zero-order valence-corrected chi connectivity index (χ0v) is 42.2. The molecule has 0 bridgehead atoms. The SMILES string of the molecule is CCC(C)c1ccc2c(c1)C(C)(C)c1cc(N(c3ccccc3)c3ccc(-c4ccccc4C(C)CC)c(C)c3)c3ccccc3c1-2.Cc1ccc(C(C)(C)C)cc1.Cc1ccc(C)cc1. The Bertz CT molecular complexity index is 2870. The molecule has 338 valence electrons. The van der Waals surface area contributed by atoms with Crippen molar-refractivity contribution >= 4 is 27.8 Å². The number of anilines is 3. The highest BCUT2D eigenvalue weighted by Crippen LogP contribution is 2.55. The van der Waals surface area contributed by atoms with Crippen molar-refractivity contribution in [1.82, 2.24) is 0 Å². The topological polar surface area (TPSA) is 3.24 Å². The van der Waals surface area contributed by atoms with E-state index >= 15 is 0 Å². The van der Waals surface area contributed by atoms with Gasteiger partial charge in [0.05, 0.1) is 5.69 Å². The summed E-state index contributed by atoms with van der Waals surface area (Å²) in [6, 6.07) is 62.9. The first-order chi connectivity index (χ1) is 31.5. The van der Waals surface area contributed by atoms with E-state index in [1.807, 2.05) is 0 Å². The molecule has 0 aromatic heterocycles. The summed E-state index contributed by atoms with van der Waals surface area (Å²) in [5, 5.41) is 2.59. The Balaban J connectivity index is 0.000000281. The minimum absolute atomic E-state index is 0.116. The van der Waals surface area contributed by atoms with E-state index in [1.54, 1.807) is 0 Å². The molecule has 1 heteroatoms. The van der Waals surface area contributed by atoms with Crippen LogP contribution < -0.4 is 4.90 Å². The molecule has 0 N–H and O–H groups in total. The largest absolute Gasteiger partial charge is 0.310 e. The van der Waals surface area contributed by atoms with Gasteiger partial charge in [-0.1, -0.05) is 219 Å². The van der Waals surface area contributed by atoms with Crippen LogP contribution in [0.2, 0.25) is 0 Å². The van der Waals surface area contributed by atoms with Gasteiger partial charge in [-0.25, -0.2) is 0 Å². The van der Waals surface area contributed by atoms with Crippen LogP contribution in [-0.4, -0.2) is 0 Å². The lowest BCUT2D eigenvalue weighted by Gasteiger charge is -2.30. The summed E-state index contributed by atoms with van der Waals surface area (Å²) in [6.07, 6.45) is 2.27. The summed E-state index contributed by atoms with van der Waals surface area (Å²) in [6.45, 7) is 29.4. The highest BCUT2D eigenvalue weighted by atomic mass is 15.1. The molecule has 2 atom stereocenters. The second-order valence-corrected chi connectivity index (χ2v) is 20.4. The maximum atomic E-state index is 2.50. The fourth-order valence-electron chi connectivity index (χ4n) is 9.48. The van der Waals surface area contributed by atoms with Gasteiger partial charge in [-0.15, -0.1) is 0 Å². The fourth-order valence-corrected chi connectivity index (χ4v) is 9.48. The summed E-state index contributed by atoms with van der Waals surface area (Å²) < 4.78 is 0. The molecule has 0 aliphatic heterocycles. The molecule has 2 unspecified atom stereocenters. The van der Waals surface area contributed by atoms with Crippen LogP contribution in [0.15, 0.2) is 170 Å². The van der Waals surface area contributed by atoms with Crippen LogP contribution in [0.5, 0.6) is 0 Å². The van der Waals surface area contributed by atoms with Gasteiger partial charge in [0.25, 0.3) is 0 Å². The summed E-state index contributed by atoms with van der Waals surface area (Å²) in [7, 11) is 0. The predicted octanol–water partition coefficient (Wildman–Crippen LogP) is 19.2. The average Bonchev–Trinajstić information content (AvgIpc) is 3.55. The van der Waals surface area contributed by atoms with Crippen molar-refractivity contribution in [1.29, 1.82) is 0 Å². The number of fused-ring (bicyclic) bond motifs is 5. The Morgan fingerprint density at radius 2 is 1.03 bits per heavy atom. The van der Waals surface area contributed by atoms with Crippen molar-refractivity contribution in [2.45, 2.75) is 126 Å². The third-order valence-corrected chi connectivity index (χ3v) is 14.1. The Morgan fingerprint density at radius 3 is 1.62 bits per heavy atom. The van der Waals surface area contributed by atoms with Crippen LogP contribution in [0.1, 0.15) is 137 Å². The fraction of sp³-hybridized carbons (Fsp3) is 0.292. The van der Waals surface area contributed by atoms with E-state index in [0.717, 1.165) is 18.5 Å². The molecule has 0 saturated heterocycles. The van der Waals surface area contributed by atoms with Gasteiger partial charge in [-0.2, -0.15) is 0 Å². The van der Waals surface area contributed by atoms with Gasteiger partial charge in [0, 0.05) is 22.2 Å². The molecular formula is C65H73N. The molecule has 9 rings (SSSR count). The third-order valence-electron chi connectivity index (χ3n) is 14.1. The second-order valence-electron chi connectivity index (χ2n) is 20.4. The molecule has 8 aromatic carbocycles. The first-order valence-electron chi connectivity index (χ1n) is 24.4. The van der Waals surface area contributed by atoms with Crippen LogP contribution >= 0.6 is 0 Å². The van der Waals surface area contributed by atoms with E-state index in [4.69, 9.17) is 0 Å². The number of para-hydroxylation sites is 1. The zero-order chi connectivity index (χ0) is 47.3. The molecular weight excluding hydrogens is 795 g/mol. The van der Waals surface area contributed by atoms with Gasteiger partial charge in [-0.05, 0) is 149 Å². The van der Waals surface area contributed by atoms with Crippen molar-refractivity contribution in [3.63, 3.8) is 0 Å². The van der Waals surface area contributed by atoms with Crippen molar-refractivity contribution in [2.75, 3.05) is 4.90 Å².